The number of Topliss-reactive ketones (excluding diaryl/α,β-unsaturated/α-hetero) is 1. The Kier molecular flexibility index (Phi) is 3.51. The van der Waals surface area contributed by atoms with Gasteiger partial charge in [0.05, 0.1) is 0 Å². The van der Waals surface area contributed by atoms with E-state index in [9.17, 15) is 4.79 Å². The van der Waals surface area contributed by atoms with Crippen LogP contribution in [0.2, 0.25) is 0 Å². The lowest BCUT2D eigenvalue weighted by molar-refractivity contribution is -0.127. The first-order valence-corrected chi connectivity index (χ1v) is 7.60. The van der Waals surface area contributed by atoms with E-state index in [1.54, 1.807) is 0 Å². The number of hydrogen-bond donors (Lipinski definition) is 0. The number of fused-ring (bicyclic) bond motifs is 2. The Labute approximate surface area is 105 Å². The minimum atomic E-state index is 0.525. The molecule has 0 N–H and O–H groups in total. The van der Waals surface area contributed by atoms with Crippen LogP contribution >= 0.6 is 0 Å². The van der Waals surface area contributed by atoms with E-state index in [0.717, 1.165) is 18.8 Å². The van der Waals surface area contributed by atoms with Crippen LogP contribution in [-0.2, 0) is 4.79 Å². The standard InChI is InChI=1S/C15H25NO/c17-15-10-13-6-3-7-14(11-15)16(13)9-8-12-4-1-2-5-12/h12-14H,1-11H2. The van der Waals surface area contributed by atoms with E-state index in [0.29, 0.717) is 17.9 Å². The number of ketones is 1. The molecule has 3 fully saturated rings. The molecular formula is C15H25NO. The molecule has 2 aliphatic heterocycles. The predicted octanol–water partition coefficient (Wildman–Crippen LogP) is 3.15. The highest BCUT2D eigenvalue weighted by Gasteiger charge is 2.37. The zero-order valence-electron chi connectivity index (χ0n) is 10.9. The number of piperidine rings is 2. The van der Waals surface area contributed by atoms with Crippen molar-refractivity contribution in [3.63, 3.8) is 0 Å². The molecule has 0 aromatic carbocycles. The maximum Gasteiger partial charge on any atom is 0.136 e. The van der Waals surface area contributed by atoms with Gasteiger partial charge in [0.1, 0.15) is 5.78 Å². The molecular weight excluding hydrogens is 210 g/mol. The second kappa shape index (κ2) is 5.09. The van der Waals surface area contributed by atoms with E-state index in [1.165, 1.54) is 57.9 Å². The quantitative estimate of drug-likeness (QED) is 0.749. The average Bonchev–Trinajstić information content (AvgIpc) is 2.79. The van der Waals surface area contributed by atoms with Crippen molar-refractivity contribution in [3.8, 4) is 0 Å². The lowest BCUT2D eigenvalue weighted by Gasteiger charge is -2.45. The van der Waals surface area contributed by atoms with Crippen LogP contribution in [0.5, 0.6) is 0 Å². The number of nitrogens with zero attached hydrogens (tertiary/aromatic N) is 1. The van der Waals surface area contributed by atoms with Gasteiger partial charge in [-0.3, -0.25) is 9.69 Å². The lowest BCUT2D eigenvalue weighted by Crippen LogP contribution is -2.52. The third-order valence-electron chi connectivity index (χ3n) is 5.21. The Bertz CT molecular complexity index is 267. The second-order valence-corrected chi connectivity index (χ2v) is 6.36. The Morgan fingerprint density at radius 2 is 1.59 bits per heavy atom. The molecule has 3 rings (SSSR count). The van der Waals surface area contributed by atoms with E-state index >= 15 is 0 Å². The smallest absolute Gasteiger partial charge is 0.136 e. The topological polar surface area (TPSA) is 20.3 Å². The van der Waals surface area contributed by atoms with Crippen molar-refractivity contribution in [2.75, 3.05) is 6.54 Å². The molecule has 96 valence electrons. The van der Waals surface area contributed by atoms with Gasteiger partial charge in [-0.15, -0.1) is 0 Å². The summed E-state index contributed by atoms with van der Waals surface area (Å²) in [4.78, 5) is 14.4. The highest BCUT2D eigenvalue weighted by atomic mass is 16.1. The maximum atomic E-state index is 11.7. The van der Waals surface area contributed by atoms with Crippen molar-refractivity contribution in [3.05, 3.63) is 0 Å². The van der Waals surface area contributed by atoms with Crippen LogP contribution in [-0.4, -0.2) is 29.3 Å². The van der Waals surface area contributed by atoms with Crippen LogP contribution in [0.25, 0.3) is 0 Å². The zero-order valence-corrected chi connectivity index (χ0v) is 10.9. The molecule has 2 atom stereocenters. The van der Waals surface area contributed by atoms with Crippen molar-refractivity contribution in [1.82, 2.24) is 4.90 Å². The summed E-state index contributed by atoms with van der Waals surface area (Å²) in [5.74, 6) is 1.52. The van der Waals surface area contributed by atoms with E-state index in [4.69, 9.17) is 0 Å². The summed E-state index contributed by atoms with van der Waals surface area (Å²) in [6, 6.07) is 1.22. The van der Waals surface area contributed by atoms with Gasteiger partial charge in [0.25, 0.3) is 0 Å². The summed E-state index contributed by atoms with van der Waals surface area (Å²) in [5.41, 5.74) is 0. The van der Waals surface area contributed by atoms with Crippen LogP contribution in [0.3, 0.4) is 0 Å². The summed E-state index contributed by atoms with van der Waals surface area (Å²) in [6.07, 6.45) is 12.8. The van der Waals surface area contributed by atoms with E-state index in [2.05, 4.69) is 4.90 Å². The molecule has 0 amide bonds. The highest BCUT2D eigenvalue weighted by molar-refractivity contribution is 5.80. The first-order valence-electron chi connectivity index (χ1n) is 7.60. The zero-order chi connectivity index (χ0) is 11.7. The normalized spacial score (nSPS) is 35.4. The SMILES string of the molecule is O=C1CC2CCCC(C1)N2CCC1CCCC1. The van der Waals surface area contributed by atoms with Gasteiger partial charge in [-0.2, -0.15) is 0 Å². The van der Waals surface area contributed by atoms with Gasteiger partial charge in [-0.25, -0.2) is 0 Å². The molecule has 2 bridgehead atoms. The summed E-state index contributed by atoms with van der Waals surface area (Å²) in [5, 5.41) is 0. The maximum absolute atomic E-state index is 11.7. The van der Waals surface area contributed by atoms with E-state index < -0.39 is 0 Å². The number of hydrogen-bond acceptors (Lipinski definition) is 2. The first kappa shape index (κ1) is 11.7. The molecule has 3 aliphatic rings. The van der Waals surface area contributed by atoms with Gasteiger partial charge in [0, 0.05) is 24.9 Å². The fraction of sp³-hybridized carbons (Fsp3) is 0.933. The van der Waals surface area contributed by atoms with Crippen molar-refractivity contribution in [1.29, 1.82) is 0 Å². The molecule has 2 heteroatoms. The fourth-order valence-corrected chi connectivity index (χ4v) is 4.26. The molecule has 2 heterocycles. The van der Waals surface area contributed by atoms with Gasteiger partial charge < -0.3 is 0 Å². The summed E-state index contributed by atoms with van der Waals surface area (Å²) < 4.78 is 0. The summed E-state index contributed by atoms with van der Waals surface area (Å²) in [7, 11) is 0. The van der Waals surface area contributed by atoms with Crippen molar-refractivity contribution < 1.29 is 4.79 Å². The van der Waals surface area contributed by atoms with Crippen molar-refractivity contribution in [2.24, 2.45) is 5.92 Å². The summed E-state index contributed by atoms with van der Waals surface area (Å²) >= 11 is 0. The van der Waals surface area contributed by atoms with Crippen LogP contribution < -0.4 is 0 Å². The molecule has 0 aromatic heterocycles. The second-order valence-electron chi connectivity index (χ2n) is 6.36. The van der Waals surface area contributed by atoms with Gasteiger partial charge in [0.15, 0.2) is 0 Å². The summed E-state index contributed by atoms with van der Waals surface area (Å²) in [6.45, 7) is 1.27. The molecule has 2 nitrogen and oxygen atoms in total. The Balaban J connectivity index is 1.56. The lowest BCUT2D eigenvalue weighted by atomic mass is 9.83. The molecule has 1 aliphatic carbocycles. The van der Waals surface area contributed by atoms with Crippen molar-refractivity contribution in [2.45, 2.75) is 76.3 Å². The molecule has 0 aromatic rings. The molecule has 1 saturated carbocycles. The Morgan fingerprint density at radius 1 is 0.941 bits per heavy atom. The van der Waals surface area contributed by atoms with Gasteiger partial charge in [-0.05, 0) is 31.7 Å². The average molecular weight is 235 g/mol. The van der Waals surface area contributed by atoms with Gasteiger partial charge in [0.2, 0.25) is 0 Å². The van der Waals surface area contributed by atoms with E-state index in [-0.39, 0.29) is 0 Å². The van der Waals surface area contributed by atoms with Crippen LogP contribution in [0.1, 0.15) is 64.2 Å². The third-order valence-corrected chi connectivity index (χ3v) is 5.21. The molecule has 2 saturated heterocycles. The van der Waals surface area contributed by atoms with Crippen LogP contribution in [0.4, 0.5) is 0 Å². The molecule has 0 spiro atoms. The van der Waals surface area contributed by atoms with Crippen LogP contribution in [0.15, 0.2) is 0 Å². The number of carbonyl (C=O) groups is 1. The predicted molar refractivity (Wildman–Crippen MR) is 68.9 cm³/mol. The fourth-order valence-electron chi connectivity index (χ4n) is 4.26. The molecule has 2 unspecified atom stereocenters. The molecule has 0 radical (unpaired) electrons. The number of carbonyl (C=O) groups excluding carboxylic acids is 1. The Hall–Kier alpha value is -0.370. The Morgan fingerprint density at radius 3 is 2.24 bits per heavy atom. The monoisotopic (exact) mass is 235 g/mol. The molecule has 17 heavy (non-hydrogen) atoms. The van der Waals surface area contributed by atoms with Gasteiger partial charge in [-0.1, -0.05) is 32.1 Å². The highest BCUT2D eigenvalue weighted by Crippen LogP contribution is 2.34. The first-order chi connectivity index (χ1) is 8.33. The third kappa shape index (κ3) is 2.57. The van der Waals surface area contributed by atoms with Crippen LogP contribution in [0, 0.1) is 5.92 Å². The number of rotatable bonds is 3. The van der Waals surface area contributed by atoms with E-state index in [1.807, 2.05) is 0 Å². The van der Waals surface area contributed by atoms with Gasteiger partial charge >= 0.3 is 0 Å². The minimum Gasteiger partial charge on any atom is -0.300 e. The largest absolute Gasteiger partial charge is 0.300 e. The minimum absolute atomic E-state index is 0.525. The van der Waals surface area contributed by atoms with Crippen molar-refractivity contribution >= 4 is 5.78 Å².